The highest BCUT2D eigenvalue weighted by atomic mass is 32.1. The second-order valence-corrected chi connectivity index (χ2v) is 9.09. The van der Waals surface area contributed by atoms with E-state index in [1.54, 1.807) is 19.4 Å². The van der Waals surface area contributed by atoms with Gasteiger partial charge in [0, 0.05) is 4.88 Å². The number of amides is 3. The van der Waals surface area contributed by atoms with Crippen LogP contribution in [0.4, 0.5) is 4.79 Å². The lowest BCUT2D eigenvalue weighted by molar-refractivity contribution is -0.140. The maximum absolute atomic E-state index is 12.9. The van der Waals surface area contributed by atoms with E-state index in [2.05, 4.69) is 20.9 Å². The molecule has 9 nitrogen and oxygen atoms in total. The van der Waals surface area contributed by atoms with Crippen molar-refractivity contribution in [2.24, 2.45) is 5.92 Å². The standard InChI is InChI=1S/C23H28N4O5S/c1-14(2)19(27-23(31)32-12-15-7-4-3-5-8-15)21(29)26-17-10-6-9-16-18(33-13-25-16)11-24-22(30)20(17)28/h3-5,7-8,13-14,17,19H,6,9-12H2,1-2H3,(H,24,30)(H,26,29)(H,27,31). The molecule has 3 N–H and O–H groups in total. The van der Waals surface area contributed by atoms with E-state index in [0.717, 1.165) is 16.1 Å². The fraction of sp³-hybridized carbons (Fsp3) is 0.435. The second kappa shape index (κ2) is 11.6. The molecule has 0 bridgehead atoms. The van der Waals surface area contributed by atoms with Gasteiger partial charge in [-0.1, -0.05) is 44.2 Å². The number of rotatable bonds is 6. The van der Waals surface area contributed by atoms with Crippen LogP contribution in [0.5, 0.6) is 0 Å². The van der Waals surface area contributed by atoms with Crippen molar-refractivity contribution in [2.75, 3.05) is 0 Å². The molecule has 2 atom stereocenters. The number of Topliss-reactive ketones (excluding diaryl/α,β-unsaturated/α-hetero) is 1. The van der Waals surface area contributed by atoms with Gasteiger partial charge in [-0.05, 0) is 30.7 Å². The summed E-state index contributed by atoms with van der Waals surface area (Å²) < 4.78 is 5.21. The van der Waals surface area contributed by atoms with Gasteiger partial charge in [0.25, 0.3) is 5.91 Å². The largest absolute Gasteiger partial charge is 0.445 e. The summed E-state index contributed by atoms with van der Waals surface area (Å²) in [6.45, 7) is 3.84. The maximum Gasteiger partial charge on any atom is 0.408 e. The molecule has 0 radical (unpaired) electrons. The number of fused-ring (bicyclic) bond motifs is 1. The van der Waals surface area contributed by atoms with E-state index < -0.39 is 35.8 Å². The predicted octanol–water partition coefficient (Wildman–Crippen LogP) is 2.10. The number of hydrogen-bond acceptors (Lipinski definition) is 7. The number of aryl methyl sites for hydroxylation is 1. The first-order valence-electron chi connectivity index (χ1n) is 10.9. The Morgan fingerprint density at radius 2 is 2.00 bits per heavy atom. The van der Waals surface area contributed by atoms with Crippen molar-refractivity contribution in [2.45, 2.75) is 58.3 Å². The monoisotopic (exact) mass is 472 g/mol. The van der Waals surface area contributed by atoms with Crippen molar-refractivity contribution in [3.8, 4) is 0 Å². The molecule has 2 aromatic rings. The first kappa shape index (κ1) is 24.4. The molecule has 1 aromatic carbocycles. The molecule has 0 saturated carbocycles. The summed E-state index contributed by atoms with van der Waals surface area (Å²) >= 11 is 1.44. The second-order valence-electron chi connectivity index (χ2n) is 8.15. The van der Waals surface area contributed by atoms with Gasteiger partial charge in [0.15, 0.2) is 0 Å². The molecule has 10 heteroatoms. The number of nitrogens with zero attached hydrogens (tertiary/aromatic N) is 1. The molecule has 0 fully saturated rings. The lowest BCUT2D eigenvalue weighted by atomic mass is 9.99. The molecule has 2 heterocycles. The van der Waals surface area contributed by atoms with Crippen LogP contribution in [0.3, 0.4) is 0 Å². The number of ether oxygens (including phenoxy) is 1. The Labute approximate surface area is 196 Å². The summed E-state index contributed by atoms with van der Waals surface area (Å²) in [6.07, 6.45) is 0.780. The molecule has 33 heavy (non-hydrogen) atoms. The molecule has 0 spiro atoms. The van der Waals surface area contributed by atoms with Gasteiger partial charge in [0.05, 0.1) is 23.8 Å². The summed E-state index contributed by atoms with van der Waals surface area (Å²) in [7, 11) is 0. The summed E-state index contributed by atoms with van der Waals surface area (Å²) in [5.41, 5.74) is 3.42. The number of benzene rings is 1. The van der Waals surface area contributed by atoms with Crippen molar-refractivity contribution in [1.82, 2.24) is 20.9 Å². The van der Waals surface area contributed by atoms with Crippen LogP contribution in [0.25, 0.3) is 0 Å². The molecule has 1 aromatic heterocycles. The van der Waals surface area contributed by atoms with E-state index in [-0.39, 0.29) is 25.5 Å². The maximum atomic E-state index is 12.9. The quantitative estimate of drug-likeness (QED) is 0.553. The summed E-state index contributed by atoms with van der Waals surface area (Å²) in [4.78, 5) is 55.5. The molecular formula is C23H28N4O5S. The smallest absolute Gasteiger partial charge is 0.408 e. The Bertz CT molecular complexity index is 992. The number of carbonyl (C=O) groups is 4. The van der Waals surface area contributed by atoms with Crippen LogP contribution in [-0.2, 0) is 38.7 Å². The zero-order chi connectivity index (χ0) is 23.8. The normalized spacial score (nSPS) is 17.5. The average Bonchev–Trinajstić information content (AvgIpc) is 3.25. The number of alkyl carbamates (subject to hydrolysis) is 1. The fourth-order valence-corrected chi connectivity index (χ4v) is 4.23. The lowest BCUT2D eigenvalue weighted by Crippen LogP contribution is -2.55. The molecule has 3 amide bonds. The van der Waals surface area contributed by atoms with Gasteiger partial charge in [0.2, 0.25) is 11.7 Å². The minimum atomic E-state index is -0.985. The molecule has 2 unspecified atom stereocenters. The highest BCUT2D eigenvalue weighted by Gasteiger charge is 2.32. The average molecular weight is 473 g/mol. The van der Waals surface area contributed by atoms with Crippen molar-refractivity contribution < 1.29 is 23.9 Å². The minimum Gasteiger partial charge on any atom is -0.445 e. The van der Waals surface area contributed by atoms with Gasteiger partial charge in [-0.15, -0.1) is 11.3 Å². The molecule has 176 valence electrons. The molecular weight excluding hydrogens is 444 g/mol. The van der Waals surface area contributed by atoms with E-state index in [1.165, 1.54) is 11.3 Å². The SMILES string of the molecule is CC(C)C(NC(=O)OCc1ccccc1)C(=O)NC1CCCc2ncsc2CNC(=O)C1=O. The highest BCUT2D eigenvalue weighted by Crippen LogP contribution is 2.18. The van der Waals surface area contributed by atoms with Gasteiger partial charge in [-0.2, -0.15) is 0 Å². The van der Waals surface area contributed by atoms with Crippen molar-refractivity contribution in [3.63, 3.8) is 0 Å². The highest BCUT2D eigenvalue weighted by molar-refractivity contribution is 7.09. The third-order valence-corrected chi connectivity index (χ3v) is 6.21. The third kappa shape index (κ3) is 6.85. The Kier molecular flexibility index (Phi) is 8.53. The van der Waals surface area contributed by atoms with Crippen LogP contribution in [0.1, 0.15) is 42.8 Å². The van der Waals surface area contributed by atoms with Gasteiger partial charge in [-0.25, -0.2) is 9.78 Å². The van der Waals surface area contributed by atoms with Gasteiger partial charge < -0.3 is 20.7 Å². The van der Waals surface area contributed by atoms with E-state index in [4.69, 9.17) is 4.74 Å². The zero-order valence-corrected chi connectivity index (χ0v) is 19.4. The summed E-state index contributed by atoms with van der Waals surface area (Å²) in [6, 6.07) is 7.27. The van der Waals surface area contributed by atoms with Gasteiger partial charge >= 0.3 is 6.09 Å². The lowest BCUT2D eigenvalue weighted by Gasteiger charge is -2.25. The fourth-order valence-electron chi connectivity index (χ4n) is 3.48. The van der Waals surface area contributed by atoms with Crippen LogP contribution >= 0.6 is 11.3 Å². The Morgan fingerprint density at radius 3 is 2.73 bits per heavy atom. The van der Waals surface area contributed by atoms with E-state index in [1.807, 2.05) is 30.3 Å². The van der Waals surface area contributed by atoms with Crippen LogP contribution in [-0.4, -0.2) is 40.8 Å². The number of nitrogens with one attached hydrogen (secondary N) is 3. The van der Waals surface area contributed by atoms with E-state index in [0.29, 0.717) is 12.8 Å². The van der Waals surface area contributed by atoms with Crippen LogP contribution in [0.2, 0.25) is 0 Å². The summed E-state index contributed by atoms with van der Waals surface area (Å²) in [5, 5.41) is 7.83. The van der Waals surface area contributed by atoms with Crippen LogP contribution < -0.4 is 16.0 Å². The first-order valence-corrected chi connectivity index (χ1v) is 11.7. The first-order chi connectivity index (χ1) is 15.8. The number of hydrogen-bond donors (Lipinski definition) is 3. The number of carbonyl (C=O) groups excluding carboxylic acids is 4. The Hall–Kier alpha value is -3.27. The molecule has 3 rings (SSSR count). The van der Waals surface area contributed by atoms with Gasteiger partial charge in [0.1, 0.15) is 12.6 Å². The Morgan fingerprint density at radius 1 is 1.24 bits per heavy atom. The zero-order valence-electron chi connectivity index (χ0n) is 18.6. The minimum absolute atomic E-state index is 0.0684. The number of thiazole rings is 1. The van der Waals surface area contributed by atoms with E-state index in [9.17, 15) is 19.2 Å². The topological polar surface area (TPSA) is 126 Å². The van der Waals surface area contributed by atoms with E-state index >= 15 is 0 Å². The number of aromatic nitrogens is 1. The van der Waals surface area contributed by atoms with Crippen LogP contribution in [0, 0.1) is 5.92 Å². The molecule has 1 aliphatic rings. The van der Waals surface area contributed by atoms with Crippen LogP contribution in [0.15, 0.2) is 35.8 Å². The van der Waals surface area contributed by atoms with Crippen molar-refractivity contribution in [3.05, 3.63) is 52.0 Å². The predicted molar refractivity (Wildman–Crippen MR) is 122 cm³/mol. The van der Waals surface area contributed by atoms with Crippen molar-refractivity contribution >= 4 is 35.0 Å². The molecule has 0 aliphatic carbocycles. The molecule has 1 aliphatic heterocycles. The van der Waals surface area contributed by atoms with Crippen molar-refractivity contribution in [1.29, 1.82) is 0 Å². The summed E-state index contributed by atoms with van der Waals surface area (Å²) in [5.74, 6) is -2.27. The van der Waals surface area contributed by atoms with Gasteiger partial charge in [-0.3, -0.25) is 14.4 Å². The molecule has 0 saturated heterocycles. The Balaban J connectivity index is 1.61. The number of ketones is 1. The third-order valence-electron chi connectivity index (χ3n) is 5.33.